The molecule has 0 aliphatic rings. The second-order valence-corrected chi connectivity index (χ2v) is 8.10. The minimum Gasteiger partial charge on any atom is -0.444 e. The van der Waals surface area contributed by atoms with Crippen molar-refractivity contribution < 1.29 is 4.42 Å². The van der Waals surface area contributed by atoms with Gasteiger partial charge in [-0.05, 0) is 31.9 Å². The third-order valence-electron chi connectivity index (χ3n) is 3.72. The molecule has 0 spiro atoms. The Hall–Kier alpha value is -1.86. The molecule has 0 amide bonds. The van der Waals surface area contributed by atoms with Gasteiger partial charge in [0.25, 0.3) is 0 Å². The third kappa shape index (κ3) is 4.83. The monoisotopic (exact) mass is 374 g/mol. The first-order chi connectivity index (χ1) is 12.2. The summed E-state index contributed by atoms with van der Waals surface area (Å²) in [5.41, 5.74) is 4.37. The molecule has 1 N–H and O–H groups in total. The largest absolute Gasteiger partial charge is 0.444 e. The maximum Gasteiger partial charge on any atom is 0.226 e. The van der Waals surface area contributed by atoms with Gasteiger partial charge in [0.1, 0.15) is 6.26 Å². The predicted octanol–water partition coefficient (Wildman–Crippen LogP) is 5.31. The fourth-order valence-corrected chi connectivity index (χ4v) is 4.05. The van der Waals surface area contributed by atoms with E-state index in [4.69, 9.17) is 4.42 Å². The van der Waals surface area contributed by atoms with Crippen LogP contribution in [0.2, 0.25) is 0 Å². The molecule has 0 unspecified atom stereocenters. The molecule has 3 aromatic rings. The van der Waals surface area contributed by atoms with Gasteiger partial charge in [0.2, 0.25) is 11.0 Å². The van der Waals surface area contributed by atoms with Crippen molar-refractivity contribution in [2.75, 3.05) is 11.9 Å². The van der Waals surface area contributed by atoms with Crippen LogP contribution in [0.1, 0.15) is 36.6 Å². The number of hydrogen-bond donors (Lipinski definition) is 1. The standard InChI is InChI=1S/C18H22N4OS2/c1-4-5-8-19-17-21-22-18(25-17)24-11-14-10-23-16(20-14)15-7-6-12(2)9-13(15)3/h6-7,9-10H,4-5,8,11H2,1-3H3,(H,19,21). The van der Waals surface area contributed by atoms with Crippen LogP contribution in [0.3, 0.4) is 0 Å². The van der Waals surface area contributed by atoms with Gasteiger partial charge >= 0.3 is 0 Å². The van der Waals surface area contributed by atoms with Gasteiger partial charge in [0, 0.05) is 17.9 Å². The van der Waals surface area contributed by atoms with Gasteiger partial charge in [0.05, 0.1) is 5.69 Å². The number of hydrogen-bond acceptors (Lipinski definition) is 7. The second-order valence-electron chi connectivity index (χ2n) is 5.90. The smallest absolute Gasteiger partial charge is 0.226 e. The molecule has 0 saturated heterocycles. The van der Waals surface area contributed by atoms with Gasteiger partial charge in [0.15, 0.2) is 4.34 Å². The van der Waals surface area contributed by atoms with Crippen molar-refractivity contribution in [3.63, 3.8) is 0 Å². The number of aryl methyl sites for hydroxylation is 2. The first-order valence-corrected chi connectivity index (χ1v) is 10.2. The van der Waals surface area contributed by atoms with Crippen LogP contribution in [0.5, 0.6) is 0 Å². The zero-order chi connectivity index (χ0) is 17.6. The number of oxazole rings is 1. The summed E-state index contributed by atoms with van der Waals surface area (Å²) in [7, 11) is 0. The number of benzene rings is 1. The first-order valence-electron chi connectivity index (χ1n) is 8.38. The van der Waals surface area contributed by atoms with Crippen LogP contribution in [0.15, 0.2) is 33.2 Å². The van der Waals surface area contributed by atoms with Gasteiger partial charge in [-0.15, -0.1) is 10.2 Å². The van der Waals surface area contributed by atoms with Crippen LogP contribution < -0.4 is 5.32 Å². The van der Waals surface area contributed by atoms with E-state index in [2.05, 4.69) is 59.5 Å². The van der Waals surface area contributed by atoms with E-state index < -0.39 is 0 Å². The molecule has 25 heavy (non-hydrogen) atoms. The molecule has 0 aliphatic carbocycles. The maximum absolute atomic E-state index is 5.66. The third-order valence-corrected chi connectivity index (χ3v) is 5.77. The molecule has 0 atom stereocenters. The van der Waals surface area contributed by atoms with Gasteiger partial charge in [-0.1, -0.05) is 54.1 Å². The zero-order valence-electron chi connectivity index (χ0n) is 14.7. The van der Waals surface area contributed by atoms with E-state index in [0.29, 0.717) is 5.89 Å². The summed E-state index contributed by atoms with van der Waals surface area (Å²) in [6.45, 7) is 7.28. The van der Waals surface area contributed by atoms with Gasteiger partial charge in [-0.25, -0.2) is 4.98 Å². The molecule has 0 saturated carbocycles. The number of rotatable bonds is 8. The molecule has 1 aromatic carbocycles. The lowest BCUT2D eigenvalue weighted by molar-refractivity contribution is 0.573. The lowest BCUT2D eigenvalue weighted by Crippen LogP contribution is -1.99. The number of aromatic nitrogens is 3. The molecule has 0 fully saturated rings. The van der Waals surface area contributed by atoms with Crippen molar-refractivity contribution in [3.8, 4) is 11.5 Å². The van der Waals surface area contributed by atoms with E-state index in [0.717, 1.165) is 39.4 Å². The second kappa shape index (κ2) is 8.49. The average molecular weight is 375 g/mol. The van der Waals surface area contributed by atoms with E-state index in [1.165, 1.54) is 17.5 Å². The summed E-state index contributed by atoms with van der Waals surface area (Å²) in [4.78, 5) is 4.61. The first kappa shape index (κ1) is 17.9. The summed E-state index contributed by atoms with van der Waals surface area (Å²) in [6.07, 6.45) is 4.04. The van der Waals surface area contributed by atoms with Crippen molar-refractivity contribution in [1.82, 2.24) is 15.2 Å². The predicted molar refractivity (Wildman–Crippen MR) is 104 cm³/mol. The summed E-state index contributed by atoms with van der Waals surface area (Å²) < 4.78 is 6.60. The van der Waals surface area contributed by atoms with E-state index >= 15 is 0 Å². The summed E-state index contributed by atoms with van der Waals surface area (Å²) in [6, 6.07) is 6.28. The Labute approximate surface area is 156 Å². The molecule has 132 valence electrons. The van der Waals surface area contributed by atoms with Crippen LogP contribution in [0, 0.1) is 13.8 Å². The topological polar surface area (TPSA) is 63.8 Å². The number of nitrogens with one attached hydrogen (secondary N) is 1. The summed E-state index contributed by atoms with van der Waals surface area (Å²) in [5.74, 6) is 1.39. The Bertz CT molecular complexity index is 828. The number of anilines is 1. The zero-order valence-corrected chi connectivity index (χ0v) is 16.3. The van der Waals surface area contributed by atoms with Crippen LogP contribution in [0.25, 0.3) is 11.5 Å². The quantitative estimate of drug-likeness (QED) is 0.425. The van der Waals surface area contributed by atoms with E-state index in [-0.39, 0.29) is 0 Å². The summed E-state index contributed by atoms with van der Waals surface area (Å²) in [5, 5.41) is 12.6. The Kier molecular flexibility index (Phi) is 6.09. The molecule has 0 radical (unpaired) electrons. The Morgan fingerprint density at radius 3 is 2.92 bits per heavy atom. The molecule has 7 heteroatoms. The maximum atomic E-state index is 5.66. The molecule has 3 rings (SSSR count). The fraction of sp³-hybridized carbons (Fsp3) is 0.389. The van der Waals surface area contributed by atoms with Crippen LogP contribution in [-0.2, 0) is 5.75 Å². The highest BCUT2D eigenvalue weighted by Gasteiger charge is 2.11. The van der Waals surface area contributed by atoms with Crippen molar-refractivity contribution in [2.45, 2.75) is 43.7 Å². The summed E-state index contributed by atoms with van der Waals surface area (Å²) >= 11 is 3.21. The van der Waals surface area contributed by atoms with Gasteiger partial charge in [-0.3, -0.25) is 0 Å². The highest BCUT2D eigenvalue weighted by Crippen LogP contribution is 2.29. The molecular weight excluding hydrogens is 352 g/mol. The van der Waals surface area contributed by atoms with Gasteiger partial charge < -0.3 is 9.73 Å². The average Bonchev–Trinajstić information content (AvgIpc) is 3.22. The van der Waals surface area contributed by atoms with E-state index in [1.807, 2.05) is 0 Å². The van der Waals surface area contributed by atoms with Crippen LogP contribution >= 0.6 is 23.1 Å². The Morgan fingerprint density at radius 1 is 1.24 bits per heavy atom. The number of nitrogens with zero attached hydrogens (tertiary/aromatic N) is 3. The number of unbranched alkanes of at least 4 members (excludes halogenated alkanes) is 1. The van der Waals surface area contributed by atoms with E-state index in [1.54, 1.807) is 29.4 Å². The molecule has 2 heterocycles. The minimum absolute atomic E-state index is 0.673. The van der Waals surface area contributed by atoms with Gasteiger partial charge in [-0.2, -0.15) is 0 Å². The molecule has 0 bridgehead atoms. The Balaban J connectivity index is 1.58. The SMILES string of the molecule is CCCCNc1nnc(SCc2coc(-c3ccc(C)cc3C)n2)s1. The van der Waals surface area contributed by atoms with Crippen molar-refractivity contribution in [3.05, 3.63) is 41.3 Å². The number of thioether (sulfide) groups is 1. The highest BCUT2D eigenvalue weighted by atomic mass is 32.2. The lowest BCUT2D eigenvalue weighted by atomic mass is 10.1. The lowest BCUT2D eigenvalue weighted by Gasteiger charge is -2.02. The fourth-order valence-electron chi connectivity index (χ4n) is 2.40. The van der Waals surface area contributed by atoms with Crippen molar-refractivity contribution >= 4 is 28.2 Å². The molecule has 0 aliphatic heterocycles. The highest BCUT2D eigenvalue weighted by molar-refractivity contribution is 8.00. The minimum atomic E-state index is 0.673. The Morgan fingerprint density at radius 2 is 2.12 bits per heavy atom. The van der Waals surface area contributed by atoms with Crippen LogP contribution in [-0.4, -0.2) is 21.7 Å². The molecular formula is C18H22N4OS2. The van der Waals surface area contributed by atoms with E-state index in [9.17, 15) is 0 Å². The normalized spacial score (nSPS) is 11.0. The van der Waals surface area contributed by atoms with Crippen molar-refractivity contribution in [1.29, 1.82) is 0 Å². The molecule has 2 aromatic heterocycles. The van der Waals surface area contributed by atoms with Crippen LogP contribution in [0.4, 0.5) is 5.13 Å². The van der Waals surface area contributed by atoms with Crippen molar-refractivity contribution in [2.24, 2.45) is 0 Å². The molecule has 5 nitrogen and oxygen atoms in total.